The van der Waals surface area contributed by atoms with Crippen LogP contribution in [0, 0.1) is 17.6 Å². The third kappa shape index (κ3) is 5.83. The molecule has 2 aromatic rings. The van der Waals surface area contributed by atoms with Gasteiger partial charge in [0.1, 0.15) is 0 Å². The molecule has 1 nitrogen and oxygen atoms in total. The lowest BCUT2D eigenvalue weighted by atomic mass is 9.77. The molecule has 0 aromatic heterocycles. The molecule has 30 heavy (non-hydrogen) atoms. The van der Waals surface area contributed by atoms with Gasteiger partial charge in [0.2, 0.25) is 5.82 Å². The first kappa shape index (κ1) is 22.8. The van der Waals surface area contributed by atoms with Crippen molar-refractivity contribution in [2.45, 2.75) is 84.0 Å². The van der Waals surface area contributed by atoms with Crippen molar-refractivity contribution < 1.29 is 13.5 Å². The predicted molar refractivity (Wildman–Crippen MR) is 121 cm³/mol. The standard InChI is InChI=1S/C27H36F2O/c1-3-5-6-7-8-19-30-25-18-17-24(26(28)27(25)29)23-15-13-22(14-16-23)21-11-9-20(4-2)10-12-21/h13-18,20-21H,3-12,19H2,1-2H3. The van der Waals surface area contributed by atoms with Crippen molar-refractivity contribution in [1.82, 2.24) is 0 Å². The Morgan fingerprint density at radius 1 is 0.800 bits per heavy atom. The zero-order valence-electron chi connectivity index (χ0n) is 18.6. The van der Waals surface area contributed by atoms with Crippen LogP contribution in [0.25, 0.3) is 11.1 Å². The van der Waals surface area contributed by atoms with Crippen molar-refractivity contribution in [2.75, 3.05) is 6.61 Å². The molecule has 0 radical (unpaired) electrons. The summed E-state index contributed by atoms with van der Waals surface area (Å²) in [4.78, 5) is 0. The summed E-state index contributed by atoms with van der Waals surface area (Å²) >= 11 is 0. The first-order chi connectivity index (χ1) is 14.6. The van der Waals surface area contributed by atoms with E-state index >= 15 is 0 Å². The number of benzene rings is 2. The molecule has 0 atom stereocenters. The maximum absolute atomic E-state index is 14.7. The average molecular weight is 415 g/mol. The minimum absolute atomic E-state index is 0.0102. The predicted octanol–water partition coefficient (Wildman–Crippen LogP) is 8.66. The van der Waals surface area contributed by atoms with E-state index in [2.05, 4.69) is 26.0 Å². The summed E-state index contributed by atoms with van der Waals surface area (Å²) in [5.74, 6) is -0.236. The Morgan fingerprint density at radius 3 is 2.17 bits per heavy atom. The highest BCUT2D eigenvalue weighted by Crippen LogP contribution is 2.38. The summed E-state index contributed by atoms with van der Waals surface area (Å²) in [5.41, 5.74) is 2.32. The molecule has 3 rings (SSSR count). The minimum atomic E-state index is -0.886. The quantitative estimate of drug-likeness (QED) is 0.353. The zero-order chi connectivity index (χ0) is 21.3. The van der Waals surface area contributed by atoms with Crippen LogP contribution in [0.5, 0.6) is 5.75 Å². The van der Waals surface area contributed by atoms with Crippen LogP contribution >= 0.6 is 0 Å². The molecule has 1 saturated carbocycles. The fourth-order valence-electron chi connectivity index (χ4n) is 4.59. The molecule has 3 heteroatoms. The molecule has 0 aliphatic heterocycles. The van der Waals surface area contributed by atoms with Crippen molar-refractivity contribution in [3.05, 3.63) is 53.6 Å². The second kappa shape index (κ2) is 11.5. The van der Waals surface area contributed by atoms with Gasteiger partial charge in [0.25, 0.3) is 0 Å². The van der Waals surface area contributed by atoms with E-state index in [1.165, 1.54) is 50.5 Å². The maximum atomic E-state index is 14.7. The molecule has 0 unspecified atom stereocenters. The van der Waals surface area contributed by atoms with Gasteiger partial charge < -0.3 is 4.74 Å². The number of halogens is 2. The first-order valence-electron chi connectivity index (χ1n) is 11.8. The van der Waals surface area contributed by atoms with E-state index in [1.807, 2.05) is 12.1 Å². The van der Waals surface area contributed by atoms with E-state index < -0.39 is 11.6 Å². The fraction of sp³-hybridized carbons (Fsp3) is 0.556. The molecule has 0 heterocycles. The van der Waals surface area contributed by atoms with Crippen molar-refractivity contribution in [2.24, 2.45) is 5.92 Å². The van der Waals surface area contributed by atoms with Gasteiger partial charge in [-0.3, -0.25) is 0 Å². The monoisotopic (exact) mass is 414 g/mol. The Bertz CT molecular complexity index is 776. The smallest absolute Gasteiger partial charge is 0.201 e. The summed E-state index contributed by atoms with van der Waals surface area (Å²) in [6.07, 6.45) is 11.8. The van der Waals surface area contributed by atoms with Gasteiger partial charge in [-0.2, -0.15) is 4.39 Å². The Morgan fingerprint density at radius 2 is 1.50 bits per heavy atom. The van der Waals surface area contributed by atoms with Gasteiger partial charge in [-0.15, -0.1) is 0 Å². The van der Waals surface area contributed by atoms with Crippen LogP contribution < -0.4 is 4.74 Å². The first-order valence-corrected chi connectivity index (χ1v) is 11.8. The van der Waals surface area contributed by atoms with Crippen molar-refractivity contribution in [3.63, 3.8) is 0 Å². The van der Waals surface area contributed by atoms with Crippen LogP contribution in [0.3, 0.4) is 0 Å². The van der Waals surface area contributed by atoms with E-state index in [9.17, 15) is 8.78 Å². The summed E-state index contributed by atoms with van der Waals surface area (Å²) < 4.78 is 34.7. The van der Waals surface area contributed by atoms with Crippen LogP contribution in [0.2, 0.25) is 0 Å². The van der Waals surface area contributed by atoms with Gasteiger partial charge in [0, 0.05) is 5.56 Å². The lowest BCUT2D eigenvalue weighted by Crippen LogP contribution is -2.12. The SMILES string of the molecule is CCCCCCCOc1ccc(-c2ccc(C3CCC(CC)CC3)cc2)c(F)c1F. The van der Waals surface area contributed by atoms with Crippen molar-refractivity contribution in [1.29, 1.82) is 0 Å². The molecule has 0 saturated heterocycles. The molecule has 1 aliphatic carbocycles. The highest BCUT2D eigenvalue weighted by molar-refractivity contribution is 5.65. The number of rotatable bonds is 10. The van der Waals surface area contributed by atoms with E-state index in [-0.39, 0.29) is 5.75 Å². The number of hydrogen-bond acceptors (Lipinski definition) is 1. The largest absolute Gasteiger partial charge is 0.490 e. The summed E-state index contributed by atoms with van der Waals surface area (Å²) in [5, 5.41) is 0. The number of unbranched alkanes of at least 4 members (excludes halogenated alkanes) is 4. The Hall–Kier alpha value is -1.90. The van der Waals surface area contributed by atoms with E-state index in [0.29, 0.717) is 23.7 Å². The Kier molecular flexibility index (Phi) is 8.72. The van der Waals surface area contributed by atoms with Crippen LogP contribution in [-0.4, -0.2) is 6.61 Å². The van der Waals surface area contributed by atoms with Gasteiger partial charge in [-0.25, -0.2) is 4.39 Å². The molecular weight excluding hydrogens is 378 g/mol. The lowest BCUT2D eigenvalue weighted by Gasteiger charge is -2.28. The molecule has 2 aromatic carbocycles. The van der Waals surface area contributed by atoms with E-state index in [4.69, 9.17) is 4.74 Å². The third-order valence-corrected chi connectivity index (χ3v) is 6.67. The second-order valence-corrected chi connectivity index (χ2v) is 8.75. The summed E-state index contributed by atoms with van der Waals surface area (Å²) in [6, 6.07) is 11.2. The van der Waals surface area contributed by atoms with E-state index in [1.54, 1.807) is 12.1 Å². The van der Waals surface area contributed by atoms with Crippen LogP contribution in [0.1, 0.15) is 89.5 Å². The van der Waals surface area contributed by atoms with Gasteiger partial charge in [0.15, 0.2) is 11.6 Å². The second-order valence-electron chi connectivity index (χ2n) is 8.75. The summed E-state index contributed by atoms with van der Waals surface area (Å²) in [7, 11) is 0. The molecule has 0 spiro atoms. The molecular formula is C27H36F2O. The summed E-state index contributed by atoms with van der Waals surface area (Å²) in [6.45, 7) is 4.87. The van der Waals surface area contributed by atoms with Gasteiger partial charge in [-0.05, 0) is 67.2 Å². The van der Waals surface area contributed by atoms with Crippen molar-refractivity contribution >= 4 is 0 Å². The molecule has 164 valence electrons. The van der Waals surface area contributed by atoms with Crippen LogP contribution in [0.4, 0.5) is 8.78 Å². The van der Waals surface area contributed by atoms with Gasteiger partial charge in [0.05, 0.1) is 6.61 Å². The van der Waals surface area contributed by atoms with Crippen molar-refractivity contribution in [3.8, 4) is 16.9 Å². The molecule has 0 N–H and O–H groups in total. The Labute approximate surface area is 180 Å². The van der Waals surface area contributed by atoms with Crippen LogP contribution in [-0.2, 0) is 0 Å². The zero-order valence-corrected chi connectivity index (χ0v) is 18.6. The average Bonchev–Trinajstić information content (AvgIpc) is 2.79. The normalized spacial score (nSPS) is 19.1. The molecule has 1 aliphatic rings. The number of hydrogen-bond donors (Lipinski definition) is 0. The maximum Gasteiger partial charge on any atom is 0.201 e. The topological polar surface area (TPSA) is 9.23 Å². The molecule has 1 fully saturated rings. The highest BCUT2D eigenvalue weighted by atomic mass is 19.2. The molecule has 0 amide bonds. The highest BCUT2D eigenvalue weighted by Gasteiger charge is 2.21. The van der Waals surface area contributed by atoms with Gasteiger partial charge in [-0.1, -0.05) is 70.2 Å². The minimum Gasteiger partial charge on any atom is -0.490 e. The third-order valence-electron chi connectivity index (χ3n) is 6.67. The van der Waals surface area contributed by atoms with E-state index in [0.717, 1.165) is 25.2 Å². The fourth-order valence-corrected chi connectivity index (χ4v) is 4.59. The lowest BCUT2D eigenvalue weighted by molar-refractivity contribution is 0.285. The van der Waals surface area contributed by atoms with Crippen LogP contribution in [0.15, 0.2) is 36.4 Å². The molecule has 0 bridgehead atoms. The number of ether oxygens (including phenoxy) is 1. The Balaban J connectivity index is 1.61. The van der Waals surface area contributed by atoms with Gasteiger partial charge >= 0.3 is 0 Å².